The van der Waals surface area contributed by atoms with Gasteiger partial charge in [0.1, 0.15) is 5.82 Å². The van der Waals surface area contributed by atoms with Crippen molar-refractivity contribution in [3.63, 3.8) is 0 Å². The molecule has 0 amide bonds. The molecule has 3 rings (SSSR count). The first-order valence-corrected chi connectivity index (χ1v) is 6.70. The fourth-order valence-corrected chi connectivity index (χ4v) is 2.68. The largest absolute Gasteiger partial charge is 0.478 e. The summed E-state index contributed by atoms with van der Waals surface area (Å²) in [7, 11) is 0. The molecule has 1 aliphatic rings. The Morgan fingerprint density at radius 3 is 2.95 bits per heavy atom. The van der Waals surface area contributed by atoms with Crippen LogP contribution in [0.15, 0.2) is 24.5 Å². The highest BCUT2D eigenvalue weighted by molar-refractivity contribution is 5.87. The molecule has 1 aliphatic carbocycles. The SMILES string of the molecule is O=C(O)c1ccc(F)c(Cn2cnc3c2CCCC3)c1. The Balaban J connectivity index is 1.93. The molecule has 0 aliphatic heterocycles. The van der Waals surface area contributed by atoms with Crippen LogP contribution in [0.5, 0.6) is 0 Å². The van der Waals surface area contributed by atoms with Gasteiger partial charge >= 0.3 is 5.97 Å². The van der Waals surface area contributed by atoms with Crippen LogP contribution in [0, 0.1) is 5.82 Å². The summed E-state index contributed by atoms with van der Waals surface area (Å²) in [6.45, 7) is 0.329. The highest BCUT2D eigenvalue weighted by atomic mass is 19.1. The topological polar surface area (TPSA) is 55.1 Å². The summed E-state index contributed by atoms with van der Waals surface area (Å²) in [5, 5.41) is 8.98. The molecule has 0 saturated carbocycles. The maximum absolute atomic E-state index is 13.8. The zero-order valence-electron chi connectivity index (χ0n) is 11.0. The monoisotopic (exact) mass is 274 g/mol. The highest BCUT2D eigenvalue weighted by Crippen LogP contribution is 2.21. The molecule has 0 spiro atoms. The lowest BCUT2D eigenvalue weighted by Crippen LogP contribution is -2.10. The minimum absolute atomic E-state index is 0.107. The van der Waals surface area contributed by atoms with Gasteiger partial charge in [0.15, 0.2) is 0 Å². The van der Waals surface area contributed by atoms with Gasteiger partial charge in [-0.2, -0.15) is 0 Å². The van der Waals surface area contributed by atoms with Gasteiger partial charge in [-0.1, -0.05) is 0 Å². The van der Waals surface area contributed by atoms with E-state index >= 15 is 0 Å². The maximum Gasteiger partial charge on any atom is 0.335 e. The van der Waals surface area contributed by atoms with Crippen LogP contribution in [0.3, 0.4) is 0 Å². The summed E-state index contributed by atoms with van der Waals surface area (Å²) in [5.74, 6) is -1.42. The van der Waals surface area contributed by atoms with Gasteiger partial charge in [-0.25, -0.2) is 14.2 Å². The molecule has 104 valence electrons. The van der Waals surface area contributed by atoms with Crippen LogP contribution in [0.25, 0.3) is 0 Å². The number of halogens is 1. The van der Waals surface area contributed by atoms with Crippen LogP contribution in [-0.4, -0.2) is 20.6 Å². The van der Waals surface area contributed by atoms with Gasteiger partial charge < -0.3 is 9.67 Å². The lowest BCUT2D eigenvalue weighted by molar-refractivity contribution is 0.0696. The summed E-state index contributed by atoms with van der Waals surface area (Å²) < 4.78 is 15.8. The molecule has 0 atom stereocenters. The maximum atomic E-state index is 13.8. The summed E-state index contributed by atoms with van der Waals surface area (Å²) in [5.41, 5.74) is 2.73. The van der Waals surface area contributed by atoms with Crippen LogP contribution in [0.1, 0.15) is 40.2 Å². The molecule has 4 nitrogen and oxygen atoms in total. The number of carboxylic acids is 1. The third kappa shape index (κ3) is 2.31. The highest BCUT2D eigenvalue weighted by Gasteiger charge is 2.16. The van der Waals surface area contributed by atoms with E-state index in [1.54, 1.807) is 6.33 Å². The summed E-state index contributed by atoms with van der Waals surface area (Å²) in [6.07, 6.45) is 5.92. The van der Waals surface area contributed by atoms with Gasteiger partial charge in [0.2, 0.25) is 0 Å². The van der Waals surface area contributed by atoms with Crippen molar-refractivity contribution in [3.8, 4) is 0 Å². The van der Waals surface area contributed by atoms with Gasteiger partial charge in [0.05, 0.1) is 24.1 Å². The number of aromatic nitrogens is 2. The fourth-order valence-electron chi connectivity index (χ4n) is 2.68. The van der Waals surface area contributed by atoms with E-state index < -0.39 is 5.97 Å². The van der Waals surface area contributed by atoms with Gasteiger partial charge in [0.25, 0.3) is 0 Å². The lowest BCUT2D eigenvalue weighted by Gasteiger charge is -2.14. The Morgan fingerprint density at radius 1 is 1.35 bits per heavy atom. The Kier molecular flexibility index (Phi) is 3.26. The molecule has 0 fully saturated rings. The molecule has 2 aromatic rings. The molecule has 0 unspecified atom stereocenters. The smallest absolute Gasteiger partial charge is 0.335 e. The first kappa shape index (κ1) is 12.8. The summed E-state index contributed by atoms with van der Waals surface area (Å²) in [6, 6.07) is 3.89. The minimum Gasteiger partial charge on any atom is -0.478 e. The van der Waals surface area contributed by atoms with Crippen molar-refractivity contribution in [2.45, 2.75) is 32.2 Å². The normalized spacial score (nSPS) is 14.1. The van der Waals surface area contributed by atoms with E-state index in [1.165, 1.54) is 18.2 Å². The molecular formula is C15H15FN2O2. The number of carbonyl (C=O) groups is 1. The average molecular weight is 274 g/mol. The molecule has 1 heterocycles. The zero-order valence-corrected chi connectivity index (χ0v) is 11.0. The first-order valence-electron chi connectivity index (χ1n) is 6.70. The van der Waals surface area contributed by atoms with Gasteiger partial charge in [-0.3, -0.25) is 0 Å². The van der Waals surface area contributed by atoms with Crippen LogP contribution in [-0.2, 0) is 19.4 Å². The van der Waals surface area contributed by atoms with Gasteiger partial charge in [0, 0.05) is 11.3 Å². The van der Waals surface area contributed by atoms with E-state index in [-0.39, 0.29) is 11.4 Å². The van der Waals surface area contributed by atoms with Crippen molar-refractivity contribution >= 4 is 5.97 Å². The number of rotatable bonds is 3. The van der Waals surface area contributed by atoms with Crippen molar-refractivity contribution in [1.82, 2.24) is 9.55 Å². The number of nitrogens with zero attached hydrogens (tertiary/aromatic N) is 2. The van der Waals surface area contributed by atoms with E-state index in [1.807, 2.05) is 4.57 Å². The van der Waals surface area contributed by atoms with E-state index in [9.17, 15) is 9.18 Å². The second-order valence-electron chi connectivity index (χ2n) is 5.08. The van der Waals surface area contributed by atoms with Gasteiger partial charge in [-0.15, -0.1) is 0 Å². The predicted molar refractivity (Wildman–Crippen MR) is 71.3 cm³/mol. The van der Waals surface area contributed by atoms with Crippen LogP contribution in [0.2, 0.25) is 0 Å². The number of carboxylic acid groups (broad SMARTS) is 1. The van der Waals surface area contributed by atoms with E-state index in [0.717, 1.165) is 37.1 Å². The van der Waals surface area contributed by atoms with Crippen molar-refractivity contribution in [3.05, 3.63) is 52.9 Å². The summed E-state index contributed by atoms with van der Waals surface area (Å²) >= 11 is 0. The molecule has 1 aromatic heterocycles. The van der Waals surface area contributed by atoms with Crippen molar-refractivity contribution in [2.75, 3.05) is 0 Å². The molecule has 0 saturated heterocycles. The minimum atomic E-state index is -1.04. The third-order valence-corrected chi connectivity index (χ3v) is 3.74. The molecular weight excluding hydrogens is 259 g/mol. The van der Waals surface area contributed by atoms with E-state index in [4.69, 9.17) is 5.11 Å². The number of imidazole rings is 1. The van der Waals surface area contributed by atoms with Crippen LogP contribution >= 0.6 is 0 Å². The second kappa shape index (κ2) is 5.07. The molecule has 0 radical (unpaired) electrons. The van der Waals surface area contributed by atoms with Crippen molar-refractivity contribution in [1.29, 1.82) is 0 Å². The first-order chi connectivity index (χ1) is 9.65. The number of hydrogen-bond donors (Lipinski definition) is 1. The molecule has 0 bridgehead atoms. The number of benzene rings is 1. The Morgan fingerprint density at radius 2 is 2.15 bits per heavy atom. The third-order valence-electron chi connectivity index (χ3n) is 3.74. The van der Waals surface area contributed by atoms with Crippen molar-refractivity contribution < 1.29 is 14.3 Å². The lowest BCUT2D eigenvalue weighted by atomic mass is 10.0. The molecule has 5 heteroatoms. The quantitative estimate of drug-likeness (QED) is 0.936. The molecule has 1 N–H and O–H groups in total. The average Bonchev–Trinajstić information content (AvgIpc) is 2.84. The molecule has 20 heavy (non-hydrogen) atoms. The molecule has 1 aromatic carbocycles. The van der Waals surface area contributed by atoms with Crippen molar-refractivity contribution in [2.24, 2.45) is 0 Å². The zero-order chi connectivity index (χ0) is 14.1. The van der Waals surface area contributed by atoms with Crippen LogP contribution in [0.4, 0.5) is 4.39 Å². The Hall–Kier alpha value is -2.17. The summed E-state index contributed by atoms with van der Waals surface area (Å²) in [4.78, 5) is 15.3. The fraction of sp³-hybridized carbons (Fsp3) is 0.333. The Labute approximate surface area is 115 Å². The van der Waals surface area contributed by atoms with E-state index in [0.29, 0.717) is 12.1 Å². The Bertz CT molecular complexity index is 664. The number of hydrogen-bond acceptors (Lipinski definition) is 2. The van der Waals surface area contributed by atoms with E-state index in [2.05, 4.69) is 4.98 Å². The van der Waals surface area contributed by atoms with Crippen LogP contribution < -0.4 is 0 Å². The number of aromatic carboxylic acids is 1. The second-order valence-corrected chi connectivity index (χ2v) is 5.08. The number of aryl methyl sites for hydroxylation is 1. The predicted octanol–water partition coefficient (Wildman–Crippen LogP) is 2.65. The standard InChI is InChI=1S/C15H15FN2O2/c16-12-6-5-10(15(19)20)7-11(12)8-18-9-17-13-3-1-2-4-14(13)18/h5-7,9H,1-4,8H2,(H,19,20). The number of fused-ring (bicyclic) bond motifs is 1. The van der Waals surface area contributed by atoms with Gasteiger partial charge in [-0.05, 0) is 43.9 Å².